The summed E-state index contributed by atoms with van der Waals surface area (Å²) in [5, 5.41) is 3.94. The van der Waals surface area contributed by atoms with Gasteiger partial charge in [-0.3, -0.25) is 4.79 Å². The summed E-state index contributed by atoms with van der Waals surface area (Å²) in [7, 11) is 0. The number of hydrogen-bond acceptors (Lipinski definition) is 2. The number of amides is 1. The van der Waals surface area contributed by atoms with Gasteiger partial charge in [0, 0.05) is 17.1 Å². The van der Waals surface area contributed by atoms with E-state index in [0.29, 0.717) is 11.6 Å². The van der Waals surface area contributed by atoms with Crippen LogP contribution < -0.4 is 11.1 Å². The zero-order valence-electron chi connectivity index (χ0n) is 10.5. The molecule has 1 aromatic rings. The van der Waals surface area contributed by atoms with Crippen LogP contribution in [-0.4, -0.2) is 18.0 Å². The van der Waals surface area contributed by atoms with Gasteiger partial charge < -0.3 is 11.1 Å². The van der Waals surface area contributed by atoms with Gasteiger partial charge in [-0.05, 0) is 38.5 Å². The molecular weight excluding hydrogens is 236 g/mol. The fourth-order valence-electron chi connectivity index (χ4n) is 1.49. The first kappa shape index (κ1) is 14.0. The van der Waals surface area contributed by atoms with E-state index in [1.807, 2.05) is 32.9 Å². The van der Waals surface area contributed by atoms with Crippen molar-refractivity contribution in [2.75, 3.05) is 6.54 Å². The minimum atomic E-state index is -0.330. The highest BCUT2D eigenvalue weighted by molar-refractivity contribution is 6.30. The Labute approximate surface area is 107 Å². The molecule has 3 nitrogen and oxygen atoms in total. The highest BCUT2D eigenvalue weighted by Gasteiger charge is 2.20. The van der Waals surface area contributed by atoms with Crippen LogP contribution in [0.25, 0.3) is 0 Å². The van der Waals surface area contributed by atoms with Crippen molar-refractivity contribution in [3.8, 4) is 0 Å². The smallest absolute Gasteiger partial charge is 0.226 e. The van der Waals surface area contributed by atoms with E-state index < -0.39 is 0 Å². The molecule has 0 aromatic heterocycles. The van der Waals surface area contributed by atoms with Crippen LogP contribution in [0.4, 0.5) is 0 Å². The second-order valence-electron chi connectivity index (χ2n) is 5.14. The summed E-state index contributed by atoms with van der Waals surface area (Å²) >= 11 is 5.81. The largest absolute Gasteiger partial charge is 0.369 e. The lowest BCUT2D eigenvalue weighted by molar-refractivity contribution is -0.119. The third kappa shape index (κ3) is 4.75. The molecule has 0 fully saturated rings. The molecule has 0 aliphatic heterocycles. The van der Waals surface area contributed by atoms with E-state index >= 15 is 0 Å². The zero-order chi connectivity index (χ0) is 13.1. The van der Waals surface area contributed by atoms with Gasteiger partial charge in [-0.15, -0.1) is 0 Å². The molecule has 94 valence electrons. The van der Waals surface area contributed by atoms with E-state index in [4.69, 9.17) is 17.3 Å². The molecule has 0 aliphatic rings. The Balaban J connectivity index is 2.79. The summed E-state index contributed by atoms with van der Waals surface area (Å²) in [5.74, 6) is -0.657. The van der Waals surface area contributed by atoms with E-state index in [0.717, 1.165) is 5.56 Å². The molecule has 0 saturated carbocycles. The lowest BCUT2D eigenvalue weighted by atomic mass is 9.97. The van der Waals surface area contributed by atoms with Crippen molar-refractivity contribution < 1.29 is 4.79 Å². The maximum atomic E-state index is 11.5. The third-order valence-corrected chi connectivity index (χ3v) is 2.70. The van der Waals surface area contributed by atoms with Gasteiger partial charge in [-0.2, -0.15) is 0 Å². The molecule has 0 bridgehead atoms. The normalized spacial score (nSPS) is 13.4. The molecule has 1 atom stereocenters. The van der Waals surface area contributed by atoms with E-state index in [9.17, 15) is 4.79 Å². The van der Waals surface area contributed by atoms with Crippen molar-refractivity contribution in [1.29, 1.82) is 0 Å². The van der Waals surface area contributed by atoms with Gasteiger partial charge in [-0.1, -0.05) is 23.7 Å². The number of benzene rings is 1. The van der Waals surface area contributed by atoms with E-state index in [1.54, 1.807) is 12.1 Å². The number of nitrogens with one attached hydrogen (secondary N) is 1. The van der Waals surface area contributed by atoms with Gasteiger partial charge in [-0.25, -0.2) is 0 Å². The number of primary amides is 1. The Morgan fingerprint density at radius 2 is 1.88 bits per heavy atom. The molecule has 1 unspecified atom stereocenters. The minimum Gasteiger partial charge on any atom is -0.369 e. The Morgan fingerprint density at radius 3 is 2.29 bits per heavy atom. The van der Waals surface area contributed by atoms with Crippen molar-refractivity contribution in [3.05, 3.63) is 34.9 Å². The summed E-state index contributed by atoms with van der Waals surface area (Å²) in [6.45, 7) is 6.67. The molecule has 1 aromatic carbocycles. The van der Waals surface area contributed by atoms with Crippen LogP contribution in [-0.2, 0) is 4.79 Å². The summed E-state index contributed by atoms with van der Waals surface area (Å²) in [5.41, 5.74) is 6.27. The summed E-state index contributed by atoms with van der Waals surface area (Å²) in [6, 6.07) is 7.21. The fraction of sp³-hybridized carbons (Fsp3) is 0.462. The average molecular weight is 255 g/mol. The topological polar surface area (TPSA) is 55.1 Å². The molecular formula is C13H19ClN2O. The van der Waals surface area contributed by atoms with Crippen LogP contribution in [0.1, 0.15) is 32.3 Å². The Morgan fingerprint density at radius 1 is 1.35 bits per heavy atom. The predicted octanol–water partition coefficient (Wildman–Crippen LogP) is 2.30. The molecule has 3 N–H and O–H groups in total. The van der Waals surface area contributed by atoms with Crippen LogP contribution in [0.15, 0.2) is 24.3 Å². The molecule has 17 heavy (non-hydrogen) atoms. The number of nitrogens with two attached hydrogens (primary N) is 1. The summed E-state index contributed by atoms with van der Waals surface area (Å²) in [4.78, 5) is 11.5. The van der Waals surface area contributed by atoms with Crippen LogP contribution in [0.3, 0.4) is 0 Å². The lowest BCUT2D eigenvalue weighted by Gasteiger charge is -2.24. The van der Waals surface area contributed by atoms with Gasteiger partial charge in [0.2, 0.25) is 5.91 Å². The number of carbonyl (C=O) groups excluding carboxylic acids is 1. The first-order chi connectivity index (χ1) is 7.79. The molecule has 1 rings (SSSR count). The molecule has 0 saturated heterocycles. The SMILES string of the molecule is CC(C)(C)NCC(C(N)=O)c1ccc(Cl)cc1. The maximum absolute atomic E-state index is 11.5. The number of halogens is 1. The first-order valence-corrected chi connectivity index (χ1v) is 5.97. The molecule has 0 heterocycles. The van der Waals surface area contributed by atoms with Gasteiger partial charge >= 0.3 is 0 Å². The minimum absolute atomic E-state index is 0.0415. The van der Waals surface area contributed by atoms with Crippen molar-refractivity contribution >= 4 is 17.5 Å². The average Bonchev–Trinajstić information content (AvgIpc) is 2.18. The summed E-state index contributed by atoms with van der Waals surface area (Å²) in [6.07, 6.45) is 0. The number of carbonyl (C=O) groups is 1. The Hall–Kier alpha value is -1.06. The predicted molar refractivity (Wildman–Crippen MR) is 71.1 cm³/mol. The Kier molecular flexibility index (Phi) is 4.54. The van der Waals surface area contributed by atoms with Crippen molar-refractivity contribution in [3.63, 3.8) is 0 Å². The van der Waals surface area contributed by atoms with Crippen LogP contribution in [0.5, 0.6) is 0 Å². The summed E-state index contributed by atoms with van der Waals surface area (Å²) < 4.78 is 0. The molecule has 0 spiro atoms. The Bertz CT molecular complexity index is 381. The van der Waals surface area contributed by atoms with Crippen LogP contribution >= 0.6 is 11.6 Å². The van der Waals surface area contributed by atoms with Crippen LogP contribution in [0.2, 0.25) is 5.02 Å². The van der Waals surface area contributed by atoms with E-state index in [2.05, 4.69) is 5.32 Å². The first-order valence-electron chi connectivity index (χ1n) is 5.59. The van der Waals surface area contributed by atoms with E-state index in [-0.39, 0.29) is 17.4 Å². The monoisotopic (exact) mass is 254 g/mol. The van der Waals surface area contributed by atoms with Crippen molar-refractivity contribution in [1.82, 2.24) is 5.32 Å². The molecule has 0 radical (unpaired) electrons. The number of rotatable bonds is 4. The standard InChI is InChI=1S/C13H19ClN2O/c1-13(2,3)16-8-11(12(15)17)9-4-6-10(14)7-5-9/h4-7,11,16H,8H2,1-3H3,(H2,15,17). The fourth-order valence-corrected chi connectivity index (χ4v) is 1.61. The van der Waals surface area contributed by atoms with Crippen LogP contribution in [0, 0.1) is 0 Å². The van der Waals surface area contributed by atoms with E-state index in [1.165, 1.54) is 0 Å². The highest BCUT2D eigenvalue weighted by atomic mass is 35.5. The van der Waals surface area contributed by atoms with Gasteiger partial charge in [0.1, 0.15) is 0 Å². The third-order valence-electron chi connectivity index (χ3n) is 2.45. The highest BCUT2D eigenvalue weighted by Crippen LogP contribution is 2.18. The second-order valence-corrected chi connectivity index (χ2v) is 5.57. The quantitative estimate of drug-likeness (QED) is 0.866. The van der Waals surface area contributed by atoms with Crippen molar-refractivity contribution in [2.45, 2.75) is 32.2 Å². The van der Waals surface area contributed by atoms with Gasteiger partial charge in [0.15, 0.2) is 0 Å². The second kappa shape index (κ2) is 5.52. The van der Waals surface area contributed by atoms with Gasteiger partial charge in [0.25, 0.3) is 0 Å². The zero-order valence-corrected chi connectivity index (χ0v) is 11.2. The molecule has 0 aliphatic carbocycles. The van der Waals surface area contributed by atoms with Gasteiger partial charge in [0.05, 0.1) is 5.92 Å². The maximum Gasteiger partial charge on any atom is 0.226 e. The van der Waals surface area contributed by atoms with Crippen molar-refractivity contribution in [2.24, 2.45) is 5.73 Å². The molecule has 1 amide bonds. The number of hydrogen-bond donors (Lipinski definition) is 2. The lowest BCUT2D eigenvalue weighted by Crippen LogP contribution is -2.41. The molecule has 4 heteroatoms.